The maximum absolute atomic E-state index is 12.5. The van der Waals surface area contributed by atoms with Gasteiger partial charge in [-0.25, -0.2) is 34.1 Å². The zero-order chi connectivity index (χ0) is 46.1. The Kier molecular flexibility index (Phi) is 12.6. The van der Waals surface area contributed by atoms with Crippen LogP contribution in [0.4, 0.5) is 5.82 Å². The molecule has 64 heavy (non-hydrogen) atoms. The molecule has 6 aromatic rings. The first-order valence-electron chi connectivity index (χ1n) is 20.3. The van der Waals surface area contributed by atoms with Crippen molar-refractivity contribution in [3.63, 3.8) is 0 Å². The number of aldehydes is 1. The number of hydrogen-bond acceptors (Lipinski definition) is 14. The summed E-state index contributed by atoms with van der Waals surface area (Å²) in [6, 6.07) is 11.2. The lowest BCUT2D eigenvalue weighted by molar-refractivity contribution is 0.0679. The van der Waals surface area contributed by atoms with Gasteiger partial charge in [0.15, 0.2) is 12.0 Å². The summed E-state index contributed by atoms with van der Waals surface area (Å²) >= 11 is 0. The highest BCUT2D eigenvalue weighted by Gasteiger charge is 2.26. The molecule has 18 heteroatoms. The summed E-state index contributed by atoms with van der Waals surface area (Å²) in [5.41, 5.74) is 3.58. The van der Waals surface area contributed by atoms with Crippen molar-refractivity contribution in [2.45, 2.75) is 54.6 Å². The zero-order valence-corrected chi connectivity index (χ0v) is 36.0. The number of aryl methyl sites for hydroxylation is 4. The molecule has 0 amide bonds. The standard InChI is InChI=1S/C46H46N6O12/c1-23-13-24(2)62-40(23)29-14-32(47-35(16-29)43(54)55)20-50-7-8-51(21-33-15-30(17-36(48-33)44(56)57)41-25(3)34(22-53)27(5)63-41)10-12-52(11-9-50)38-19-31(18-37(49-38)45(58)59)42-26(4)39(46(60)61)28(6)64-42/h13-19,22H,7-12,20-21H2,1-6H3,(H,54,55)(H,56,57)(H,58,59)(H,60,61). The third kappa shape index (κ3) is 9.32. The van der Waals surface area contributed by atoms with E-state index in [0.717, 1.165) is 5.56 Å². The normalized spacial score (nSPS) is 13.9. The molecule has 0 aliphatic carbocycles. The van der Waals surface area contributed by atoms with E-state index in [1.807, 2.05) is 24.8 Å². The van der Waals surface area contributed by atoms with Crippen molar-refractivity contribution >= 4 is 36.0 Å². The summed E-state index contributed by atoms with van der Waals surface area (Å²) in [4.78, 5) is 80.6. The van der Waals surface area contributed by atoms with E-state index in [9.17, 15) is 44.4 Å². The largest absolute Gasteiger partial charge is 0.478 e. The Balaban J connectivity index is 1.28. The zero-order valence-electron chi connectivity index (χ0n) is 36.0. The molecule has 0 unspecified atom stereocenters. The molecule has 0 aromatic carbocycles. The number of hydrogen-bond donors (Lipinski definition) is 4. The van der Waals surface area contributed by atoms with Crippen LogP contribution in [0.15, 0.2) is 55.7 Å². The Bertz CT molecular complexity index is 2840. The molecular weight excluding hydrogens is 829 g/mol. The van der Waals surface area contributed by atoms with Crippen LogP contribution in [0.3, 0.4) is 0 Å². The van der Waals surface area contributed by atoms with Crippen LogP contribution in [-0.4, -0.2) is 115 Å². The first-order valence-corrected chi connectivity index (χ1v) is 20.3. The van der Waals surface area contributed by atoms with Crippen molar-refractivity contribution in [1.29, 1.82) is 0 Å². The molecule has 18 nitrogen and oxygen atoms in total. The van der Waals surface area contributed by atoms with Gasteiger partial charge in [0.25, 0.3) is 0 Å². The third-order valence-electron chi connectivity index (χ3n) is 11.3. The van der Waals surface area contributed by atoms with Gasteiger partial charge in [-0.3, -0.25) is 14.6 Å². The Morgan fingerprint density at radius 2 is 1.03 bits per heavy atom. The van der Waals surface area contributed by atoms with Gasteiger partial charge in [-0.15, -0.1) is 0 Å². The number of rotatable bonds is 13. The molecule has 7 heterocycles. The van der Waals surface area contributed by atoms with Gasteiger partial charge in [0.1, 0.15) is 57.3 Å². The fraction of sp³-hybridized carbons (Fsp3) is 0.304. The predicted molar refractivity (Wildman–Crippen MR) is 230 cm³/mol. The first kappa shape index (κ1) is 44.6. The minimum absolute atomic E-state index is 0.0226. The Hall–Kier alpha value is -7.44. The first-order chi connectivity index (χ1) is 30.4. The van der Waals surface area contributed by atoms with Crippen molar-refractivity contribution in [2.24, 2.45) is 0 Å². The molecule has 1 fully saturated rings. The molecule has 0 atom stereocenters. The Morgan fingerprint density at radius 3 is 1.48 bits per heavy atom. The van der Waals surface area contributed by atoms with Gasteiger partial charge in [-0.05, 0) is 89.6 Å². The predicted octanol–water partition coefficient (Wildman–Crippen LogP) is 6.93. The fourth-order valence-electron chi connectivity index (χ4n) is 8.17. The Labute approximate surface area is 366 Å². The van der Waals surface area contributed by atoms with E-state index in [1.54, 1.807) is 39.0 Å². The number of furan rings is 3. The summed E-state index contributed by atoms with van der Waals surface area (Å²) in [5, 5.41) is 40.2. The lowest BCUT2D eigenvalue weighted by atomic mass is 10.0. The number of carbonyl (C=O) groups is 5. The molecule has 0 spiro atoms. The number of carboxylic acid groups (broad SMARTS) is 4. The van der Waals surface area contributed by atoms with E-state index in [1.165, 1.54) is 25.1 Å². The number of pyridine rings is 3. The van der Waals surface area contributed by atoms with Crippen LogP contribution >= 0.6 is 0 Å². The molecule has 1 saturated heterocycles. The van der Waals surface area contributed by atoms with Gasteiger partial charge < -0.3 is 38.6 Å². The van der Waals surface area contributed by atoms with Crippen LogP contribution in [0.2, 0.25) is 0 Å². The lowest BCUT2D eigenvalue weighted by Crippen LogP contribution is -2.36. The smallest absolute Gasteiger partial charge is 0.354 e. The molecule has 1 aliphatic rings. The molecule has 1 aliphatic heterocycles. The third-order valence-corrected chi connectivity index (χ3v) is 11.3. The van der Waals surface area contributed by atoms with Gasteiger partial charge in [0.05, 0.1) is 17.0 Å². The van der Waals surface area contributed by atoms with Crippen LogP contribution in [0.25, 0.3) is 34.0 Å². The SMILES string of the molecule is Cc1cc(C)c(-c2cc(CN3CCN(Cc4cc(-c5oc(C)c(C=O)c5C)cc(C(=O)O)n4)CCN(c4cc(-c5oc(C)c(C(=O)O)c5C)cc(C(=O)O)n4)CC3)nc(C(=O)O)c2)o1. The molecule has 0 saturated carbocycles. The maximum atomic E-state index is 12.5. The van der Waals surface area contributed by atoms with Gasteiger partial charge in [-0.2, -0.15) is 0 Å². The summed E-state index contributed by atoms with van der Waals surface area (Å²) in [5.74, 6) is -2.38. The number of carbonyl (C=O) groups excluding carboxylic acids is 1. The maximum Gasteiger partial charge on any atom is 0.354 e. The minimum atomic E-state index is -1.31. The monoisotopic (exact) mass is 874 g/mol. The molecular formula is C46H46N6O12. The van der Waals surface area contributed by atoms with E-state index >= 15 is 0 Å². The summed E-state index contributed by atoms with van der Waals surface area (Å²) in [6.07, 6.45) is 0.694. The van der Waals surface area contributed by atoms with Gasteiger partial charge in [-0.1, -0.05) is 0 Å². The highest BCUT2D eigenvalue weighted by Crippen LogP contribution is 2.35. The van der Waals surface area contributed by atoms with Crippen LogP contribution in [0.1, 0.15) is 97.5 Å². The molecule has 332 valence electrons. The van der Waals surface area contributed by atoms with Crippen molar-refractivity contribution < 1.29 is 57.7 Å². The van der Waals surface area contributed by atoms with Crippen molar-refractivity contribution in [1.82, 2.24) is 24.8 Å². The quantitative estimate of drug-likeness (QED) is 0.0858. The molecule has 0 bridgehead atoms. The lowest BCUT2D eigenvalue weighted by Gasteiger charge is -2.27. The Morgan fingerprint density at radius 1 is 0.562 bits per heavy atom. The van der Waals surface area contributed by atoms with E-state index in [-0.39, 0.29) is 53.1 Å². The average molecular weight is 875 g/mol. The fourth-order valence-corrected chi connectivity index (χ4v) is 8.17. The summed E-state index contributed by atoms with van der Waals surface area (Å²) < 4.78 is 17.8. The van der Waals surface area contributed by atoms with Crippen LogP contribution < -0.4 is 4.90 Å². The minimum Gasteiger partial charge on any atom is -0.478 e. The number of carboxylic acids is 4. The summed E-state index contributed by atoms with van der Waals surface area (Å²) in [6.45, 7) is 12.8. The number of nitrogens with zero attached hydrogens (tertiary/aromatic N) is 6. The van der Waals surface area contributed by atoms with E-state index < -0.39 is 23.9 Å². The topological polar surface area (TPSA) is 254 Å². The van der Waals surface area contributed by atoms with Gasteiger partial charge in [0, 0.05) is 80.2 Å². The van der Waals surface area contributed by atoms with Crippen molar-refractivity contribution in [2.75, 3.05) is 44.2 Å². The number of aromatic carboxylic acids is 4. The number of anilines is 1. The van der Waals surface area contributed by atoms with E-state index in [2.05, 4.69) is 24.8 Å². The van der Waals surface area contributed by atoms with E-state index in [4.69, 9.17) is 13.3 Å². The second-order valence-electron chi connectivity index (χ2n) is 15.8. The van der Waals surface area contributed by atoms with Crippen LogP contribution in [0.5, 0.6) is 0 Å². The van der Waals surface area contributed by atoms with Crippen molar-refractivity contribution in [3.8, 4) is 34.0 Å². The molecule has 0 radical (unpaired) electrons. The average Bonchev–Trinajstić information content (AvgIpc) is 3.88. The summed E-state index contributed by atoms with van der Waals surface area (Å²) in [7, 11) is 0. The second-order valence-corrected chi connectivity index (χ2v) is 15.8. The second kappa shape index (κ2) is 18.1. The molecule has 4 N–H and O–H groups in total. The van der Waals surface area contributed by atoms with Crippen LogP contribution in [-0.2, 0) is 13.1 Å². The number of aromatic nitrogens is 3. The van der Waals surface area contributed by atoms with Crippen molar-refractivity contribution in [3.05, 3.63) is 116 Å². The molecule has 7 rings (SSSR count). The highest BCUT2D eigenvalue weighted by molar-refractivity contribution is 5.94. The van der Waals surface area contributed by atoms with E-state index in [0.29, 0.717) is 113 Å². The van der Waals surface area contributed by atoms with Crippen LogP contribution in [0, 0.1) is 41.5 Å². The van der Waals surface area contributed by atoms with Gasteiger partial charge >= 0.3 is 23.9 Å². The van der Waals surface area contributed by atoms with Gasteiger partial charge in [0.2, 0.25) is 0 Å². The molecule has 6 aromatic heterocycles. The highest BCUT2D eigenvalue weighted by atomic mass is 16.4.